The summed E-state index contributed by atoms with van der Waals surface area (Å²) in [5, 5.41) is -1.16. The number of dihydropyridines is 1. The molecule has 0 radical (unpaired) electrons. The van der Waals surface area contributed by atoms with Gasteiger partial charge in [0.2, 0.25) is 0 Å². The number of nitrogens with zero attached hydrogens (tertiary/aromatic N) is 1. The molecule has 1 aromatic rings. The summed E-state index contributed by atoms with van der Waals surface area (Å²) in [6.45, 7) is 0. The summed E-state index contributed by atoms with van der Waals surface area (Å²) < 4.78 is 51.2. The van der Waals surface area contributed by atoms with E-state index in [1.807, 2.05) is 0 Å². The van der Waals surface area contributed by atoms with Crippen LogP contribution in [0.15, 0.2) is 28.9 Å². The number of hydrogen-bond acceptors (Lipinski definition) is 8. The third-order valence-corrected chi connectivity index (χ3v) is 4.56. The number of allylic oxidation sites excluding steroid dienone is 1. The van der Waals surface area contributed by atoms with E-state index in [0.29, 0.717) is 0 Å². The van der Waals surface area contributed by atoms with E-state index in [4.69, 9.17) is 27.9 Å². The topological polar surface area (TPSA) is 103 Å². The summed E-state index contributed by atoms with van der Waals surface area (Å²) in [6.07, 6.45) is 2.12. The van der Waals surface area contributed by atoms with Crippen molar-refractivity contribution in [2.45, 2.75) is 11.4 Å². The molecule has 0 fully saturated rings. The molecule has 8 nitrogen and oxygen atoms in total. The molecule has 0 amide bonds. The first-order valence-electron chi connectivity index (χ1n) is 7.27. The molecular weight excluding hydrogens is 426 g/mol. The second kappa shape index (κ2) is 8.42. The number of carbonyl (C=O) groups is 1. The molecule has 1 aromatic carbocycles. The number of hydroxylamine groups is 1. The Labute approximate surface area is 165 Å². The fourth-order valence-electron chi connectivity index (χ4n) is 2.25. The highest BCUT2D eigenvalue weighted by atomic mass is 35.5. The van der Waals surface area contributed by atoms with E-state index in [1.165, 1.54) is 25.3 Å². The lowest BCUT2D eigenvalue weighted by Crippen LogP contribution is -2.36. The average molecular weight is 441 g/mol. The SMILES string of the molecule is COC(=O)C1=NC(c2ccc(Cl)c(OC)c2F)C=C(NOS(C)(=O)=O)C1Cl. The van der Waals surface area contributed by atoms with Crippen LogP contribution in [0.1, 0.15) is 11.6 Å². The number of ether oxygens (including phenoxy) is 2. The van der Waals surface area contributed by atoms with Crippen LogP contribution in [-0.2, 0) is 23.9 Å². The van der Waals surface area contributed by atoms with Crippen LogP contribution in [-0.4, -0.2) is 46.0 Å². The quantitative estimate of drug-likeness (QED) is 0.410. The number of benzene rings is 1. The minimum atomic E-state index is -3.87. The third kappa shape index (κ3) is 4.89. The Bertz CT molecular complexity index is 919. The second-order valence-corrected chi connectivity index (χ2v) is 7.73. The summed E-state index contributed by atoms with van der Waals surface area (Å²) in [6, 6.07) is 1.70. The molecule has 0 spiro atoms. The molecule has 0 aromatic heterocycles. The van der Waals surface area contributed by atoms with E-state index in [9.17, 15) is 17.6 Å². The maximum absolute atomic E-state index is 14.7. The predicted molar refractivity (Wildman–Crippen MR) is 96.9 cm³/mol. The van der Waals surface area contributed by atoms with Crippen LogP contribution in [0.2, 0.25) is 5.02 Å². The molecule has 0 saturated carbocycles. The van der Waals surface area contributed by atoms with Crippen molar-refractivity contribution in [1.29, 1.82) is 0 Å². The number of methoxy groups -OCH3 is 2. The highest BCUT2D eigenvalue weighted by molar-refractivity contribution is 7.85. The Balaban J connectivity index is 2.53. The minimum absolute atomic E-state index is 0.0138. The van der Waals surface area contributed by atoms with Crippen LogP contribution >= 0.6 is 23.2 Å². The number of aliphatic imine (C=N–C) groups is 1. The van der Waals surface area contributed by atoms with Crippen molar-refractivity contribution in [1.82, 2.24) is 5.48 Å². The molecule has 1 aliphatic heterocycles. The van der Waals surface area contributed by atoms with Crippen LogP contribution in [0, 0.1) is 5.82 Å². The van der Waals surface area contributed by atoms with Crippen LogP contribution in [0.3, 0.4) is 0 Å². The van der Waals surface area contributed by atoms with Gasteiger partial charge < -0.3 is 9.47 Å². The lowest BCUT2D eigenvalue weighted by Gasteiger charge is -2.24. The molecule has 1 aliphatic rings. The fourth-order valence-corrected chi connectivity index (χ4v) is 2.98. The summed E-state index contributed by atoms with van der Waals surface area (Å²) >= 11 is 12.0. The fraction of sp³-hybridized carbons (Fsp3) is 0.333. The number of hydrogen-bond donors (Lipinski definition) is 1. The van der Waals surface area contributed by atoms with Crippen LogP contribution in [0.5, 0.6) is 5.75 Å². The van der Waals surface area contributed by atoms with E-state index in [-0.39, 0.29) is 27.7 Å². The number of carbonyl (C=O) groups excluding carboxylic acids is 1. The third-order valence-electron chi connectivity index (χ3n) is 3.44. The number of halogens is 3. The number of rotatable bonds is 6. The molecule has 12 heteroatoms. The van der Waals surface area contributed by atoms with Crippen molar-refractivity contribution in [3.63, 3.8) is 0 Å². The molecule has 0 aliphatic carbocycles. The van der Waals surface area contributed by atoms with E-state index in [1.54, 1.807) is 0 Å². The monoisotopic (exact) mass is 440 g/mol. The molecular formula is C15H15Cl2FN2O6S. The van der Waals surface area contributed by atoms with Crippen molar-refractivity contribution in [3.05, 3.63) is 40.3 Å². The zero-order chi connectivity index (χ0) is 20.4. The van der Waals surface area contributed by atoms with Gasteiger partial charge in [-0.25, -0.2) is 9.18 Å². The lowest BCUT2D eigenvalue weighted by molar-refractivity contribution is -0.132. The summed E-state index contributed by atoms with van der Waals surface area (Å²) in [4.78, 5) is 16.1. The van der Waals surface area contributed by atoms with Gasteiger partial charge in [-0.05, 0) is 12.1 Å². The van der Waals surface area contributed by atoms with Crippen LogP contribution in [0.25, 0.3) is 0 Å². The van der Waals surface area contributed by atoms with Gasteiger partial charge in [0, 0.05) is 5.56 Å². The predicted octanol–water partition coefficient (Wildman–Crippen LogP) is 2.13. The van der Waals surface area contributed by atoms with Gasteiger partial charge in [0.1, 0.15) is 11.1 Å². The second-order valence-electron chi connectivity index (χ2n) is 5.31. The van der Waals surface area contributed by atoms with Crippen molar-refractivity contribution in [2.24, 2.45) is 4.99 Å². The van der Waals surface area contributed by atoms with E-state index in [0.717, 1.165) is 13.4 Å². The van der Waals surface area contributed by atoms with Gasteiger partial charge in [-0.2, -0.15) is 12.7 Å². The highest BCUT2D eigenvalue weighted by Gasteiger charge is 2.33. The summed E-state index contributed by atoms with van der Waals surface area (Å²) in [5.41, 5.74) is 1.87. The van der Waals surface area contributed by atoms with Crippen molar-refractivity contribution in [3.8, 4) is 5.75 Å². The van der Waals surface area contributed by atoms with Gasteiger partial charge >= 0.3 is 5.97 Å². The maximum atomic E-state index is 14.7. The normalized spacial score (nSPS) is 19.8. The van der Waals surface area contributed by atoms with Gasteiger partial charge in [0.05, 0.1) is 37.2 Å². The first-order valence-corrected chi connectivity index (χ1v) is 9.90. The zero-order valence-corrected chi connectivity index (χ0v) is 16.7. The van der Waals surface area contributed by atoms with Gasteiger partial charge in [0.25, 0.3) is 10.1 Å². The zero-order valence-electron chi connectivity index (χ0n) is 14.3. The number of esters is 1. The first kappa shape index (κ1) is 21.4. The molecule has 27 heavy (non-hydrogen) atoms. The lowest BCUT2D eigenvalue weighted by atomic mass is 10.00. The first-order chi connectivity index (χ1) is 12.6. The Hall–Kier alpha value is -1.88. The van der Waals surface area contributed by atoms with Crippen LogP contribution < -0.4 is 10.2 Å². The number of alkyl halides is 1. The summed E-state index contributed by atoms with van der Waals surface area (Å²) in [5.74, 6) is -1.86. The van der Waals surface area contributed by atoms with Crippen LogP contribution in [0.4, 0.5) is 4.39 Å². The Kier molecular flexibility index (Phi) is 6.68. The number of nitrogens with one attached hydrogen (secondary N) is 1. The molecule has 2 unspecified atom stereocenters. The molecule has 148 valence electrons. The van der Waals surface area contributed by atoms with Crippen molar-refractivity contribution < 1.29 is 31.4 Å². The Morgan fingerprint density at radius 2 is 2.00 bits per heavy atom. The largest absolute Gasteiger partial charge is 0.492 e. The average Bonchev–Trinajstić information content (AvgIpc) is 2.60. The smallest absolute Gasteiger partial charge is 0.353 e. The standard InChI is InChI=1S/C15H15Cl2FN2O6S/c1-24-14-8(16)5-4-7(12(14)18)9-6-10(20-26-27(3,22)23)11(17)13(19-9)15(21)25-2/h4-6,9,11,20H,1-3H3. The summed E-state index contributed by atoms with van der Waals surface area (Å²) in [7, 11) is -1.51. The van der Waals surface area contributed by atoms with Gasteiger partial charge in [-0.15, -0.1) is 11.6 Å². The minimum Gasteiger partial charge on any atom is -0.492 e. The molecule has 1 heterocycles. The molecule has 2 rings (SSSR count). The van der Waals surface area contributed by atoms with E-state index < -0.39 is 33.3 Å². The van der Waals surface area contributed by atoms with Crippen molar-refractivity contribution >= 4 is 45.0 Å². The highest BCUT2D eigenvalue weighted by Crippen LogP contribution is 2.36. The van der Waals surface area contributed by atoms with Gasteiger partial charge in [0.15, 0.2) is 11.6 Å². The van der Waals surface area contributed by atoms with Crippen molar-refractivity contribution in [2.75, 3.05) is 20.5 Å². The van der Waals surface area contributed by atoms with Gasteiger partial charge in [-0.1, -0.05) is 17.7 Å². The van der Waals surface area contributed by atoms with Gasteiger partial charge in [-0.3, -0.25) is 10.5 Å². The Morgan fingerprint density at radius 1 is 1.33 bits per heavy atom. The Morgan fingerprint density at radius 3 is 2.56 bits per heavy atom. The molecule has 1 N–H and O–H groups in total. The molecule has 0 bridgehead atoms. The van der Waals surface area contributed by atoms with E-state index >= 15 is 0 Å². The molecule has 2 atom stereocenters. The molecule has 0 saturated heterocycles. The van der Waals surface area contributed by atoms with E-state index in [2.05, 4.69) is 19.5 Å². The maximum Gasteiger partial charge on any atom is 0.353 e.